The summed E-state index contributed by atoms with van der Waals surface area (Å²) in [5.74, 6) is -1.59. The van der Waals surface area contributed by atoms with Gasteiger partial charge in [0.2, 0.25) is 23.4 Å². The highest BCUT2D eigenvalue weighted by molar-refractivity contribution is 7.98. The number of thioether (sulfide) groups is 1. The lowest BCUT2D eigenvalue weighted by molar-refractivity contribution is -0.177. The molecule has 3 amide bonds. The lowest BCUT2D eigenvalue weighted by atomic mass is 9.99. The van der Waals surface area contributed by atoms with Gasteiger partial charge in [-0.1, -0.05) is 34.1 Å². The molecular weight excluding hydrogens is 422 g/mol. The minimum atomic E-state index is -1.87. The van der Waals surface area contributed by atoms with Gasteiger partial charge >= 0.3 is 5.97 Å². The van der Waals surface area contributed by atoms with Crippen LogP contribution in [0.2, 0.25) is 0 Å². The molecule has 0 aromatic rings. The van der Waals surface area contributed by atoms with E-state index in [0.717, 1.165) is 6.42 Å². The molecule has 9 nitrogen and oxygen atoms in total. The van der Waals surface area contributed by atoms with Gasteiger partial charge in [-0.3, -0.25) is 14.4 Å². The first-order chi connectivity index (χ1) is 14.5. The number of carboxylic acids is 1. The number of aliphatic carboxylic acids is 1. The molecule has 31 heavy (non-hydrogen) atoms. The molecule has 4 N–H and O–H groups in total. The maximum atomic E-state index is 12.6. The summed E-state index contributed by atoms with van der Waals surface area (Å²) in [5, 5.41) is 18.0. The second kappa shape index (κ2) is 12.9. The van der Waals surface area contributed by atoms with E-state index in [4.69, 9.17) is 4.74 Å². The molecule has 0 radical (unpaired) electrons. The standard InChI is InChI=1S/C21H37N3O6S/c1-6-14(4)16(23-19(27)15-7-8-17(25)22-15)12-30-21(20(28)29,9-10-31-5)24-18(26)11-13(2)3/h13-16H,6-12H2,1-5H3,(H,22,25)(H,23,27)(H,24,26)(H,28,29)/t14-,15-,16+,21-/m0/s1. The number of ether oxygens (including phenoxy) is 1. The summed E-state index contributed by atoms with van der Waals surface area (Å²) in [7, 11) is 0. The molecule has 0 saturated carbocycles. The van der Waals surface area contributed by atoms with Crippen molar-refractivity contribution in [1.82, 2.24) is 16.0 Å². The van der Waals surface area contributed by atoms with Crippen LogP contribution in [0.3, 0.4) is 0 Å². The first-order valence-electron chi connectivity index (χ1n) is 10.8. The molecule has 1 saturated heterocycles. The summed E-state index contributed by atoms with van der Waals surface area (Å²) in [6.07, 6.45) is 3.59. The molecule has 0 bridgehead atoms. The average molecular weight is 460 g/mol. The van der Waals surface area contributed by atoms with Gasteiger partial charge < -0.3 is 25.8 Å². The van der Waals surface area contributed by atoms with E-state index in [0.29, 0.717) is 18.6 Å². The van der Waals surface area contributed by atoms with E-state index in [1.807, 2.05) is 34.0 Å². The van der Waals surface area contributed by atoms with Crippen molar-refractivity contribution in [1.29, 1.82) is 0 Å². The van der Waals surface area contributed by atoms with Crippen LogP contribution in [0.25, 0.3) is 0 Å². The van der Waals surface area contributed by atoms with Crippen molar-refractivity contribution < 1.29 is 29.0 Å². The van der Waals surface area contributed by atoms with Crippen LogP contribution in [-0.4, -0.2) is 65.2 Å². The predicted molar refractivity (Wildman–Crippen MR) is 119 cm³/mol. The van der Waals surface area contributed by atoms with Gasteiger partial charge in [0.05, 0.1) is 12.6 Å². The summed E-state index contributed by atoms with van der Waals surface area (Å²) in [6, 6.07) is -1.06. The van der Waals surface area contributed by atoms with Crippen LogP contribution in [0.4, 0.5) is 0 Å². The quantitative estimate of drug-likeness (QED) is 0.289. The number of carbonyl (C=O) groups is 4. The fourth-order valence-corrected chi connectivity index (χ4v) is 3.74. The third kappa shape index (κ3) is 8.68. The number of amides is 3. The highest BCUT2D eigenvalue weighted by Gasteiger charge is 2.42. The van der Waals surface area contributed by atoms with Gasteiger partial charge in [0.25, 0.3) is 0 Å². The predicted octanol–water partition coefficient (Wildman–Crippen LogP) is 1.51. The lowest BCUT2D eigenvalue weighted by Gasteiger charge is -2.34. The van der Waals surface area contributed by atoms with Gasteiger partial charge in [-0.2, -0.15) is 11.8 Å². The zero-order chi connectivity index (χ0) is 23.6. The summed E-state index contributed by atoms with van der Waals surface area (Å²) >= 11 is 1.46. The van der Waals surface area contributed by atoms with Crippen LogP contribution in [0, 0.1) is 11.8 Å². The van der Waals surface area contributed by atoms with E-state index < -0.39 is 29.7 Å². The van der Waals surface area contributed by atoms with E-state index in [9.17, 15) is 24.3 Å². The molecule has 1 aliphatic rings. The van der Waals surface area contributed by atoms with E-state index in [2.05, 4.69) is 16.0 Å². The van der Waals surface area contributed by atoms with Crippen LogP contribution in [0.1, 0.15) is 59.8 Å². The fraction of sp³-hybridized carbons (Fsp3) is 0.810. The molecular formula is C21H37N3O6S. The Labute approximate surface area is 188 Å². The summed E-state index contributed by atoms with van der Waals surface area (Å²) in [5.41, 5.74) is -1.87. The second-order valence-electron chi connectivity index (χ2n) is 8.49. The first kappa shape index (κ1) is 27.2. The van der Waals surface area contributed by atoms with Crippen molar-refractivity contribution in [3.8, 4) is 0 Å². The monoisotopic (exact) mass is 459 g/mol. The molecule has 1 fully saturated rings. The summed E-state index contributed by atoms with van der Waals surface area (Å²) in [6.45, 7) is 7.57. The number of nitrogens with one attached hydrogen (secondary N) is 3. The molecule has 178 valence electrons. The van der Waals surface area contributed by atoms with Crippen molar-refractivity contribution >= 4 is 35.5 Å². The van der Waals surface area contributed by atoms with Crippen molar-refractivity contribution in [3.05, 3.63) is 0 Å². The second-order valence-corrected chi connectivity index (χ2v) is 9.48. The Kier molecular flexibility index (Phi) is 11.3. The number of hydrogen-bond acceptors (Lipinski definition) is 6. The smallest absolute Gasteiger partial charge is 0.357 e. The third-order valence-corrected chi connectivity index (χ3v) is 6.03. The number of hydrogen-bond donors (Lipinski definition) is 4. The molecule has 1 heterocycles. The Bertz CT molecular complexity index is 645. The Balaban J connectivity index is 2.96. The summed E-state index contributed by atoms with van der Waals surface area (Å²) in [4.78, 5) is 48.6. The zero-order valence-corrected chi connectivity index (χ0v) is 20.0. The van der Waals surface area contributed by atoms with Crippen molar-refractivity contribution in [2.75, 3.05) is 18.6 Å². The van der Waals surface area contributed by atoms with Crippen LogP contribution in [0.5, 0.6) is 0 Å². The minimum Gasteiger partial charge on any atom is -0.478 e. The number of rotatable bonds is 14. The van der Waals surface area contributed by atoms with Crippen LogP contribution in [0.15, 0.2) is 0 Å². The minimum absolute atomic E-state index is 0.000495. The fourth-order valence-electron chi connectivity index (χ4n) is 3.24. The molecule has 0 aromatic heterocycles. The molecule has 0 aromatic carbocycles. The maximum absolute atomic E-state index is 12.6. The topological polar surface area (TPSA) is 134 Å². The van der Waals surface area contributed by atoms with Gasteiger partial charge in [0, 0.05) is 19.3 Å². The van der Waals surface area contributed by atoms with E-state index in [-0.39, 0.29) is 43.1 Å². The first-order valence-corrected chi connectivity index (χ1v) is 12.2. The van der Waals surface area contributed by atoms with Crippen molar-refractivity contribution in [3.63, 3.8) is 0 Å². The van der Waals surface area contributed by atoms with Gasteiger partial charge in [-0.25, -0.2) is 4.79 Å². The largest absolute Gasteiger partial charge is 0.478 e. The van der Waals surface area contributed by atoms with Crippen LogP contribution >= 0.6 is 11.8 Å². The highest BCUT2D eigenvalue weighted by atomic mass is 32.2. The van der Waals surface area contributed by atoms with Crippen LogP contribution < -0.4 is 16.0 Å². The van der Waals surface area contributed by atoms with E-state index in [1.165, 1.54) is 11.8 Å². The normalized spacial score (nSPS) is 19.9. The van der Waals surface area contributed by atoms with Gasteiger partial charge in [0.15, 0.2) is 0 Å². The Morgan fingerprint density at radius 3 is 2.48 bits per heavy atom. The zero-order valence-electron chi connectivity index (χ0n) is 19.2. The molecule has 0 spiro atoms. The molecule has 4 atom stereocenters. The van der Waals surface area contributed by atoms with E-state index >= 15 is 0 Å². The molecule has 1 aliphatic heterocycles. The number of carbonyl (C=O) groups excluding carboxylic acids is 3. The summed E-state index contributed by atoms with van der Waals surface area (Å²) < 4.78 is 5.87. The average Bonchev–Trinajstić information content (AvgIpc) is 3.13. The Hall–Kier alpha value is -1.81. The Morgan fingerprint density at radius 2 is 2.00 bits per heavy atom. The van der Waals surface area contributed by atoms with Crippen LogP contribution in [-0.2, 0) is 23.9 Å². The van der Waals surface area contributed by atoms with Crippen molar-refractivity contribution in [2.45, 2.75) is 77.6 Å². The molecule has 0 unspecified atom stereocenters. The lowest BCUT2D eigenvalue weighted by Crippen LogP contribution is -2.59. The third-order valence-electron chi connectivity index (χ3n) is 5.42. The SMILES string of the molecule is CC[C@H](C)[C@@H](CO[C@](CCSC)(NC(=O)CC(C)C)C(=O)O)NC(=O)[C@@H]1CCC(=O)N1. The highest BCUT2D eigenvalue weighted by Crippen LogP contribution is 2.20. The van der Waals surface area contributed by atoms with Gasteiger partial charge in [-0.15, -0.1) is 0 Å². The van der Waals surface area contributed by atoms with Crippen molar-refractivity contribution in [2.24, 2.45) is 11.8 Å². The van der Waals surface area contributed by atoms with Gasteiger partial charge in [-0.05, 0) is 30.3 Å². The number of carboxylic acid groups (broad SMARTS) is 1. The van der Waals surface area contributed by atoms with Gasteiger partial charge in [0.1, 0.15) is 6.04 Å². The maximum Gasteiger partial charge on any atom is 0.357 e. The molecule has 10 heteroatoms. The molecule has 1 rings (SSSR count). The van der Waals surface area contributed by atoms with E-state index in [1.54, 1.807) is 0 Å². The Morgan fingerprint density at radius 1 is 1.32 bits per heavy atom. The molecule has 0 aliphatic carbocycles.